The van der Waals surface area contributed by atoms with Crippen LogP contribution in [-0.4, -0.2) is 66.2 Å². The van der Waals surface area contributed by atoms with Crippen molar-refractivity contribution in [2.75, 3.05) is 26.4 Å². The molecular formula is C21H27F2N3O5S. The molecule has 176 valence electrons. The Morgan fingerprint density at radius 3 is 2.72 bits per heavy atom. The van der Waals surface area contributed by atoms with Crippen molar-refractivity contribution >= 4 is 27.5 Å². The Labute approximate surface area is 188 Å². The second-order valence-corrected chi connectivity index (χ2v) is 9.42. The van der Waals surface area contributed by atoms with Crippen LogP contribution in [-0.2, 0) is 14.3 Å². The normalized spacial score (nSPS) is 23.4. The third-order valence-corrected chi connectivity index (χ3v) is 6.41. The minimum absolute atomic E-state index is 0.00653. The van der Waals surface area contributed by atoms with Gasteiger partial charge in [0.15, 0.2) is 5.67 Å². The number of aromatic nitrogens is 2. The minimum atomic E-state index is -1.51. The topological polar surface area (TPSA) is 91.8 Å². The van der Waals surface area contributed by atoms with Crippen LogP contribution in [0, 0.1) is 5.82 Å². The summed E-state index contributed by atoms with van der Waals surface area (Å²) in [5, 5.41) is 2.98. The monoisotopic (exact) mass is 471 g/mol. The largest absolute Gasteiger partial charge is 0.472 e. The van der Waals surface area contributed by atoms with E-state index in [0.717, 1.165) is 37.0 Å². The number of nitrogens with one attached hydrogen (secondary N) is 1. The first-order chi connectivity index (χ1) is 15.3. The van der Waals surface area contributed by atoms with Crippen molar-refractivity contribution < 1.29 is 32.5 Å². The molecule has 0 aromatic carbocycles. The summed E-state index contributed by atoms with van der Waals surface area (Å²) in [6.45, 7) is 3.64. The molecule has 1 saturated heterocycles. The van der Waals surface area contributed by atoms with Crippen LogP contribution in [0.15, 0.2) is 6.20 Å². The highest BCUT2D eigenvalue weighted by Crippen LogP contribution is 2.35. The van der Waals surface area contributed by atoms with Gasteiger partial charge in [-0.3, -0.25) is 4.79 Å². The highest BCUT2D eigenvalue weighted by atomic mass is 32.1. The molecule has 8 nitrogen and oxygen atoms in total. The van der Waals surface area contributed by atoms with Crippen molar-refractivity contribution in [2.24, 2.45) is 0 Å². The second-order valence-electron chi connectivity index (χ2n) is 8.46. The molecular weight excluding hydrogens is 444 g/mol. The van der Waals surface area contributed by atoms with E-state index >= 15 is 0 Å². The maximum Gasteiger partial charge on any atom is 0.274 e. The number of hydrogen-bond donors (Lipinski definition) is 1. The Bertz CT molecular complexity index is 947. The zero-order valence-corrected chi connectivity index (χ0v) is 18.9. The molecule has 1 amide bonds. The zero-order chi connectivity index (χ0) is 22.7. The number of amides is 1. The maximum absolute atomic E-state index is 15.0. The lowest BCUT2D eigenvalue weighted by atomic mass is 9.95. The smallest absolute Gasteiger partial charge is 0.274 e. The van der Waals surface area contributed by atoms with Gasteiger partial charge in [0.05, 0.1) is 32.1 Å². The predicted molar refractivity (Wildman–Crippen MR) is 113 cm³/mol. The number of ether oxygens (including phenoxy) is 4. The second kappa shape index (κ2) is 9.80. The summed E-state index contributed by atoms with van der Waals surface area (Å²) >= 11 is 1.00. The molecule has 1 N–H and O–H groups in total. The SMILES string of the molecule is CC(=O)N[C@@H](C)CO[C@H]1CC[C@H](Oc2ncc3nc(OCC4(F)COC4)sc3c2F)CC1. The summed E-state index contributed by atoms with van der Waals surface area (Å²) < 4.78 is 51.2. The van der Waals surface area contributed by atoms with E-state index in [2.05, 4.69) is 15.3 Å². The summed E-state index contributed by atoms with van der Waals surface area (Å²) in [7, 11) is 0. The Morgan fingerprint density at radius 2 is 2.06 bits per heavy atom. The molecule has 4 rings (SSSR count). The molecule has 0 bridgehead atoms. The fourth-order valence-electron chi connectivity index (χ4n) is 3.72. The van der Waals surface area contributed by atoms with Crippen LogP contribution in [0.5, 0.6) is 11.1 Å². The highest BCUT2D eigenvalue weighted by Gasteiger charge is 2.40. The first kappa shape index (κ1) is 23.1. The van der Waals surface area contributed by atoms with E-state index in [0.29, 0.717) is 12.1 Å². The number of carbonyl (C=O) groups is 1. The van der Waals surface area contributed by atoms with Gasteiger partial charge in [0.2, 0.25) is 11.7 Å². The first-order valence-electron chi connectivity index (χ1n) is 10.7. The van der Waals surface area contributed by atoms with E-state index in [1.54, 1.807) is 0 Å². The first-order valence-corrected chi connectivity index (χ1v) is 11.5. The number of alkyl halides is 1. The van der Waals surface area contributed by atoms with Gasteiger partial charge in [-0.2, -0.15) is 4.39 Å². The average molecular weight is 472 g/mol. The Balaban J connectivity index is 1.28. The molecule has 2 aromatic heterocycles. The van der Waals surface area contributed by atoms with Crippen molar-refractivity contribution in [1.82, 2.24) is 15.3 Å². The minimum Gasteiger partial charge on any atom is -0.472 e. The van der Waals surface area contributed by atoms with Gasteiger partial charge in [0.25, 0.3) is 11.1 Å². The molecule has 0 spiro atoms. The number of nitrogens with zero attached hydrogens (tertiary/aromatic N) is 2. The van der Waals surface area contributed by atoms with E-state index < -0.39 is 11.5 Å². The summed E-state index contributed by atoms with van der Waals surface area (Å²) in [6.07, 6.45) is 4.38. The standard InChI is InChI=1S/C21H27F2N3O5S/c1-12(25-13(2)27)8-29-14-3-5-15(6-4-14)31-19-17(22)18-16(7-24-19)26-20(32-18)30-11-21(23)9-28-10-21/h7,12,14-15H,3-6,8-11H2,1-2H3,(H,25,27)/t12-,14-,15-/m0/s1. The van der Waals surface area contributed by atoms with Gasteiger partial charge >= 0.3 is 0 Å². The van der Waals surface area contributed by atoms with Gasteiger partial charge in [-0.25, -0.2) is 14.4 Å². The third-order valence-electron chi connectivity index (χ3n) is 5.43. The Hall–Kier alpha value is -2.11. The molecule has 3 heterocycles. The molecule has 1 aliphatic carbocycles. The van der Waals surface area contributed by atoms with Crippen LogP contribution in [0.25, 0.3) is 10.2 Å². The van der Waals surface area contributed by atoms with E-state index in [9.17, 15) is 13.6 Å². The average Bonchev–Trinajstić information content (AvgIpc) is 3.16. The third kappa shape index (κ3) is 5.62. The van der Waals surface area contributed by atoms with Crippen molar-refractivity contribution in [3.8, 4) is 11.1 Å². The molecule has 1 atom stereocenters. The Morgan fingerprint density at radius 1 is 1.34 bits per heavy atom. The molecule has 32 heavy (non-hydrogen) atoms. The van der Waals surface area contributed by atoms with Crippen LogP contribution in [0.3, 0.4) is 0 Å². The van der Waals surface area contributed by atoms with Gasteiger partial charge in [-0.05, 0) is 32.6 Å². The lowest BCUT2D eigenvalue weighted by molar-refractivity contribution is -0.146. The van der Waals surface area contributed by atoms with Crippen molar-refractivity contribution in [3.05, 3.63) is 12.0 Å². The van der Waals surface area contributed by atoms with Gasteiger partial charge in [0, 0.05) is 13.0 Å². The van der Waals surface area contributed by atoms with Gasteiger partial charge < -0.3 is 24.3 Å². The van der Waals surface area contributed by atoms with Crippen LogP contribution in [0.1, 0.15) is 39.5 Å². The highest BCUT2D eigenvalue weighted by molar-refractivity contribution is 7.20. The molecule has 11 heteroatoms. The van der Waals surface area contributed by atoms with Crippen LogP contribution < -0.4 is 14.8 Å². The predicted octanol–water partition coefficient (Wildman–Crippen LogP) is 3.18. The van der Waals surface area contributed by atoms with Crippen molar-refractivity contribution in [3.63, 3.8) is 0 Å². The molecule has 2 aromatic rings. The quantitative estimate of drug-likeness (QED) is 0.601. The molecule has 1 saturated carbocycles. The zero-order valence-electron chi connectivity index (χ0n) is 18.1. The van der Waals surface area contributed by atoms with Crippen LogP contribution in [0.2, 0.25) is 0 Å². The van der Waals surface area contributed by atoms with Gasteiger partial charge in [0.1, 0.15) is 22.9 Å². The Kier molecular flexibility index (Phi) is 7.06. The summed E-state index contributed by atoms with van der Waals surface area (Å²) in [4.78, 5) is 19.3. The fourth-order valence-corrected chi connectivity index (χ4v) is 4.53. The summed E-state index contributed by atoms with van der Waals surface area (Å²) in [5.74, 6) is -0.728. The molecule has 2 fully saturated rings. The van der Waals surface area contributed by atoms with E-state index in [1.807, 2.05) is 6.92 Å². The number of carbonyl (C=O) groups excluding carboxylic acids is 1. The van der Waals surface area contributed by atoms with E-state index in [1.165, 1.54) is 13.1 Å². The molecule has 1 aliphatic heterocycles. The number of fused-ring (bicyclic) bond motifs is 1. The van der Waals surface area contributed by atoms with Crippen LogP contribution in [0.4, 0.5) is 8.78 Å². The van der Waals surface area contributed by atoms with E-state index in [4.69, 9.17) is 18.9 Å². The fraction of sp³-hybridized carbons (Fsp3) is 0.667. The van der Waals surface area contributed by atoms with Gasteiger partial charge in [-0.1, -0.05) is 11.3 Å². The maximum atomic E-state index is 15.0. The molecule has 0 unspecified atom stereocenters. The lowest BCUT2D eigenvalue weighted by Crippen LogP contribution is -2.50. The number of thiazole rings is 1. The van der Waals surface area contributed by atoms with Gasteiger partial charge in [-0.15, -0.1) is 0 Å². The molecule has 0 radical (unpaired) electrons. The van der Waals surface area contributed by atoms with Crippen molar-refractivity contribution in [2.45, 2.75) is 63.4 Å². The van der Waals surface area contributed by atoms with Crippen molar-refractivity contribution in [1.29, 1.82) is 0 Å². The lowest BCUT2D eigenvalue weighted by Gasteiger charge is -2.32. The molecule has 2 aliphatic rings. The number of rotatable bonds is 9. The summed E-state index contributed by atoms with van der Waals surface area (Å²) in [5.41, 5.74) is -1.16. The number of hydrogen-bond acceptors (Lipinski definition) is 8. The van der Waals surface area contributed by atoms with Crippen LogP contribution >= 0.6 is 11.3 Å². The summed E-state index contributed by atoms with van der Waals surface area (Å²) in [6, 6.07) is -0.0442. The number of pyridine rings is 1. The number of halogens is 2. The van der Waals surface area contributed by atoms with E-state index in [-0.39, 0.29) is 59.8 Å².